The van der Waals surface area contributed by atoms with Crippen LogP contribution in [-0.2, 0) is 6.42 Å². The lowest BCUT2D eigenvalue weighted by Gasteiger charge is -2.05. The molecule has 2 aromatic rings. The van der Waals surface area contributed by atoms with Gasteiger partial charge in [0, 0.05) is 0 Å². The van der Waals surface area contributed by atoms with E-state index in [-0.39, 0.29) is 0 Å². The van der Waals surface area contributed by atoms with E-state index in [0.717, 1.165) is 17.5 Å². The molecule has 0 aromatic heterocycles. The molecule has 0 bridgehead atoms. The molecule has 0 unspecified atom stereocenters. The van der Waals surface area contributed by atoms with Gasteiger partial charge in [-0.15, -0.1) is 0 Å². The normalized spacial score (nSPS) is 9.86. The molecule has 0 spiro atoms. The lowest BCUT2D eigenvalue weighted by atomic mass is 9.98. The van der Waals surface area contributed by atoms with E-state index in [4.69, 9.17) is 10.5 Å². The lowest BCUT2D eigenvalue weighted by molar-refractivity contribution is 0.717. The fourth-order valence-corrected chi connectivity index (χ4v) is 2.36. The molecule has 0 aliphatic carbocycles. The van der Waals surface area contributed by atoms with Crippen molar-refractivity contribution in [2.75, 3.05) is 0 Å². The fourth-order valence-electron chi connectivity index (χ4n) is 2.36. The summed E-state index contributed by atoms with van der Waals surface area (Å²) in [5.74, 6) is 0. The van der Waals surface area contributed by atoms with Gasteiger partial charge in [0.15, 0.2) is 0 Å². The summed E-state index contributed by atoms with van der Waals surface area (Å²) in [7, 11) is 0. The molecule has 104 valence electrons. The highest BCUT2D eigenvalue weighted by molar-refractivity contribution is 5.67. The highest BCUT2D eigenvalue weighted by Crippen LogP contribution is 2.23. The van der Waals surface area contributed by atoms with Crippen molar-refractivity contribution in [3.8, 4) is 23.3 Å². The van der Waals surface area contributed by atoms with E-state index in [1.165, 1.54) is 24.8 Å². The van der Waals surface area contributed by atoms with Crippen LogP contribution in [0, 0.1) is 22.7 Å². The van der Waals surface area contributed by atoms with Crippen molar-refractivity contribution < 1.29 is 0 Å². The molecule has 2 nitrogen and oxygen atoms in total. The van der Waals surface area contributed by atoms with Crippen molar-refractivity contribution in [1.82, 2.24) is 0 Å². The Balaban J connectivity index is 2.19. The monoisotopic (exact) mass is 274 g/mol. The van der Waals surface area contributed by atoms with E-state index in [9.17, 15) is 0 Å². The predicted molar refractivity (Wildman–Crippen MR) is 84.5 cm³/mol. The van der Waals surface area contributed by atoms with Crippen LogP contribution in [0.15, 0.2) is 42.5 Å². The van der Waals surface area contributed by atoms with E-state index in [1.807, 2.05) is 12.1 Å². The van der Waals surface area contributed by atoms with Crippen molar-refractivity contribution in [2.24, 2.45) is 0 Å². The van der Waals surface area contributed by atoms with Crippen molar-refractivity contribution in [1.29, 1.82) is 10.5 Å². The third kappa shape index (κ3) is 3.71. The van der Waals surface area contributed by atoms with E-state index in [0.29, 0.717) is 11.1 Å². The van der Waals surface area contributed by atoms with E-state index in [1.54, 1.807) is 12.1 Å². The summed E-state index contributed by atoms with van der Waals surface area (Å²) >= 11 is 0. The first kappa shape index (κ1) is 14.8. The lowest BCUT2D eigenvalue weighted by Crippen LogP contribution is -1.88. The molecule has 0 aliphatic heterocycles. The van der Waals surface area contributed by atoms with Crippen LogP contribution in [0.5, 0.6) is 0 Å². The number of hydrogen-bond donors (Lipinski definition) is 0. The molecule has 0 saturated heterocycles. The summed E-state index contributed by atoms with van der Waals surface area (Å²) in [6, 6.07) is 18.0. The summed E-state index contributed by atoms with van der Waals surface area (Å²) in [6.45, 7) is 2.21. The molecule has 0 aliphatic rings. The van der Waals surface area contributed by atoms with Gasteiger partial charge in [0.05, 0.1) is 11.1 Å². The molecule has 0 radical (unpaired) electrons. The van der Waals surface area contributed by atoms with Gasteiger partial charge < -0.3 is 0 Å². The average molecular weight is 274 g/mol. The van der Waals surface area contributed by atoms with E-state index < -0.39 is 0 Å². The summed E-state index contributed by atoms with van der Waals surface area (Å²) in [5, 5.41) is 18.0. The van der Waals surface area contributed by atoms with Gasteiger partial charge in [-0.1, -0.05) is 50.1 Å². The molecule has 0 saturated carbocycles. The third-order valence-electron chi connectivity index (χ3n) is 3.62. The maximum atomic E-state index is 9.08. The number of hydrogen-bond acceptors (Lipinski definition) is 2. The third-order valence-corrected chi connectivity index (χ3v) is 3.62. The molecule has 0 heterocycles. The average Bonchev–Trinajstić information content (AvgIpc) is 2.55. The van der Waals surface area contributed by atoms with Crippen LogP contribution in [-0.4, -0.2) is 0 Å². The van der Waals surface area contributed by atoms with Crippen LogP contribution < -0.4 is 0 Å². The number of unbranched alkanes of at least 4 members (excludes halogenated alkanes) is 2. The van der Waals surface area contributed by atoms with Crippen LogP contribution >= 0.6 is 0 Å². The van der Waals surface area contributed by atoms with Gasteiger partial charge in [-0.3, -0.25) is 0 Å². The first-order valence-electron chi connectivity index (χ1n) is 7.32. The summed E-state index contributed by atoms with van der Waals surface area (Å²) in [6.07, 6.45) is 4.85. The molecule has 21 heavy (non-hydrogen) atoms. The minimum absolute atomic E-state index is 0.428. The SMILES string of the molecule is CCCCCc1ccc(-c2ccc(C#N)c(C#N)c2)cc1. The number of rotatable bonds is 5. The fraction of sp³-hybridized carbons (Fsp3) is 0.263. The van der Waals surface area contributed by atoms with Crippen molar-refractivity contribution in [3.63, 3.8) is 0 Å². The number of nitriles is 2. The Morgan fingerprint density at radius 1 is 0.810 bits per heavy atom. The maximum Gasteiger partial charge on any atom is 0.101 e. The van der Waals surface area contributed by atoms with Crippen molar-refractivity contribution in [2.45, 2.75) is 32.6 Å². The van der Waals surface area contributed by atoms with Gasteiger partial charge in [-0.05, 0) is 41.7 Å². The first-order valence-corrected chi connectivity index (χ1v) is 7.32. The van der Waals surface area contributed by atoms with Crippen LogP contribution in [0.2, 0.25) is 0 Å². The summed E-state index contributed by atoms with van der Waals surface area (Å²) < 4.78 is 0. The highest BCUT2D eigenvalue weighted by Gasteiger charge is 2.04. The largest absolute Gasteiger partial charge is 0.192 e. The second kappa shape index (κ2) is 7.27. The summed E-state index contributed by atoms with van der Waals surface area (Å²) in [4.78, 5) is 0. The zero-order valence-electron chi connectivity index (χ0n) is 12.3. The smallest absolute Gasteiger partial charge is 0.101 e. The van der Waals surface area contributed by atoms with Crippen molar-refractivity contribution >= 4 is 0 Å². The standard InChI is InChI=1S/C19H18N2/c1-2-3-4-5-15-6-8-16(9-7-15)17-10-11-18(13-20)19(12-17)14-21/h6-12H,2-5H2,1H3. The molecule has 2 aromatic carbocycles. The Bertz CT molecular complexity index is 685. The Morgan fingerprint density at radius 2 is 1.48 bits per heavy atom. The van der Waals surface area contributed by atoms with Gasteiger partial charge >= 0.3 is 0 Å². The van der Waals surface area contributed by atoms with Crippen molar-refractivity contribution in [3.05, 3.63) is 59.2 Å². The Hall–Kier alpha value is -2.58. The van der Waals surface area contributed by atoms with Gasteiger partial charge in [0.25, 0.3) is 0 Å². The molecular formula is C19H18N2. The number of benzene rings is 2. The second-order valence-corrected chi connectivity index (χ2v) is 5.14. The predicted octanol–water partition coefficient (Wildman–Crippen LogP) is 4.83. The molecule has 0 N–H and O–H groups in total. The Labute approximate surface area is 126 Å². The van der Waals surface area contributed by atoms with E-state index >= 15 is 0 Å². The molecule has 0 fully saturated rings. The van der Waals surface area contributed by atoms with Crippen LogP contribution in [0.25, 0.3) is 11.1 Å². The molecule has 0 atom stereocenters. The van der Waals surface area contributed by atoms with Crippen LogP contribution in [0.1, 0.15) is 42.9 Å². The van der Waals surface area contributed by atoms with Gasteiger partial charge in [-0.2, -0.15) is 10.5 Å². The topological polar surface area (TPSA) is 47.6 Å². The van der Waals surface area contributed by atoms with Gasteiger partial charge in [-0.25, -0.2) is 0 Å². The Kier molecular flexibility index (Phi) is 5.13. The highest BCUT2D eigenvalue weighted by atomic mass is 14.3. The Morgan fingerprint density at radius 3 is 2.10 bits per heavy atom. The molecular weight excluding hydrogens is 256 g/mol. The first-order chi connectivity index (χ1) is 10.3. The zero-order valence-corrected chi connectivity index (χ0v) is 12.3. The quantitative estimate of drug-likeness (QED) is 0.733. The number of aryl methyl sites for hydroxylation is 1. The molecule has 2 rings (SSSR count). The van der Waals surface area contributed by atoms with Crippen LogP contribution in [0.4, 0.5) is 0 Å². The van der Waals surface area contributed by atoms with Gasteiger partial charge in [0.1, 0.15) is 12.1 Å². The zero-order chi connectivity index (χ0) is 15.1. The van der Waals surface area contributed by atoms with Crippen LogP contribution in [0.3, 0.4) is 0 Å². The van der Waals surface area contributed by atoms with E-state index in [2.05, 4.69) is 37.3 Å². The molecule has 0 amide bonds. The summed E-state index contributed by atoms with van der Waals surface area (Å²) in [5.41, 5.74) is 4.27. The molecule has 2 heteroatoms. The number of nitrogens with zero attached hydrogens (tertiary/aromatic N) is 2. The van der Waals surface area contributed by atoms with Gasteiger partial charge in [0.2, 0.25) is 0 Å². The second-order valence-electron chi connectivity index (χ2n) is 5.14. The minimum atomic E-state index is 0.428. The maximum absolute atomic E-state index is 9.08. The minimum Gasteiger partial charge on any atom is -0.192 e.